The van der Waals surface area contributed by atoms with Gasteiger partial charge >= 0.3 is 12.1 Å². The Kier molecular flexibility index (Phi) is 11.1. The summed E-state index contributed by atoms with van der Waals surface area (Å²) in [5.41, 5.74) is 2.94. The van der Waals surface area contributed by atoms with Gasteiger partial charge in [-0.2, -0.15) is 0 Å². The molecule has 0 bridgehead atoms. The molecule has 5 aromatic rings. The van der Waals surface area contributed by atoms with E-state index in [-0.39, 0.29) is 11.9 Å². The summed E-state index contributed by atoms with van der Waals surface area (Å²) in [6, 6.07) is 37.0. The molecule has 1 saturated heterocycles. The van der Waals surface area contributed by atoms with Crippen LogP contribution in [-0.2, 0) is 20.9 Å². The summed E-state index contributed by atoms with van der Waals surface area (Å²) in [4.78, 5) is 47.6. The molecule has 266 valence electrons. The van der Waals surface area contributed by atoms with Crippen LogP contribution in [0.15, 0.2) is 132 Å². The molecule has 0 aromatic heterocycles. The number of ether oxygens (including phenoxy) is 1. The number of para-hydroxylation sites is 1. The van der Waals surface area contributed by atoms with Crippen molar-refractivity contribution in [1.29, 1.82) is 0 Å². The highest BCUT2D eigenvalue weighted by molar-refractivity contribution is 6.17. The van der Waals surface area contributed by atoms with Gasteiger partial charge in [-0.1, -0.05) is 115 Å². The minimum Gasteiger partial charge on any atom is -0.480 e. The van der Waals surface area contributed by atoms with Crippen molar-refractivity contribution in [3.8, 4) is 0 Å². The van der Waals surface area contributed by atoms with Gasteiger partial charge < -0.3 is 20.5 Å². The highest BCUT2D eigenvalue weighted by atomic mass is 16.6. The highest BCUT2D eigenvalue weighted by Crippen LogP contribution is 2.29. The van der Waals surface area contributed by atoms with Gasteiger partial charge in [0, 0.05) is 17.7 Å². The van der Waals surface area contributed by atoms with E-state index in [9.17, 15) is 19.5 Å². The number of aliphatic imine (C=N–C) groups is 1. The number of aliphatic carboxylic acids is 1. The van der Waals surface area contributed by atoms with Gasteiger partial charge in [-0.05, 0) is 74.2 Å². The Hall–Kier alpha value is -5.80. The number of anilines is 1. The Bertz CT molecular complexity index is 2060. The fourth-order valence-corrected chi connectivity index (χ4v) is 6.63. The first-order valence-electron chi connectivity index (χ1n) is 17.6. The molecule has 5 aromatic carbocycles. The quantitative estimate of drug-likeness (QED) is 0.120. The molecule has 0 aliphatic carbocycles. The molecule has 9 nitrogen and oxygen atoms in total. The maximum Gasteiger partial charge on any atom is 0.408 e. The number of carboxylic acids is 1. The Labute approximate surface area is 304 Å². The number of hydrogen-bond acceptors (Lipinski definition) is 6. The van der Waals surface area contributed by atoms with Crippen molar-refractivity contribution in [2.75, 3.05) is 11.9 Å². The number of amides is 2. The second-order valence-corrected chi connectivity index (χ2v) is 14.0. The summed E-state index contributed by atoms with van der Waals surface area (Å²) < 4.78 is 5.60. The van der Waals surface area contributed by atoms with E-state index in [1.54, 1.807) is 32.9 Å². The second-order valence-electron chi connectivity index (χ2n) is 14.0. The number of rotatable bonds is 11. The zero-order chi connectivity index (χ0) is 36.7. The van der Waals surface area contributed by atoms with Gasteiger partial charge in [0.1, 0.15) is 5.60 Å². The Morgan fingerprint density at radius 1 is 0.846 bits per heavy atom. The van der Waals surface area contributed by atoms with Crippen molar-refractivity contribution in [3.63, 3.8) is 0 Å². The minimum atomic E-state index is -1.48. The van der Waals surface area contributed by atoms with Crippen LogP contribution in [0.2, 0.25) is 0 Å². The lowest BCUT2D eigenvalue weighted by atomic mass is 9.95. The number of likely N-dealkylation sites (tertiary alicyclic amines) is 1. The molecule has 1 fully saturated rings. The van der Waals surface area contributed by atoms with Crippen LogP contribution in [0.25, 0.3) is 10.8 Å². The number of nitrogens with one attached hydrogen (secondary N) is 2. The van der Waals surface area contributed by atoms with E-state index in [2.05, 4.69) is 27.7 Å². The van der Waals surface area contributed by atoms with Crippen LogP contribution in [0, 0.1) is 0 Å². The molecule has 1 aliphatic heterocycles. The number of carboxylic acid groups (broad SMARTS) is 1. The average Bonchev–Trinajstić information content (AvgIpc) is 3.60. The number of fused-ring (bicyclic) bond motifs is 1. The third-order valence-corrected chi connectivity index (χ3v) is 9.02. The summed E-state index contributed by atoms with van der Waals surface area (Å²) in [7, 11) is 0. The van der Waals surface area contributed by atoms with E-state index in [0.717, 1.165) is 35.7 Å². The van der Waals surface area contributed by atoms with Crippen molar-refractivity contribution < 1.29 is 24.2 Å². The summed E-state index contributed by atoms with van der Waals surface area (Å²) in [5, 5.41) is 18.7. The summed E-state index contributed by atoms with van der Waals surface area (Å²) in [5.74, 6) is -1.38. The number of carbonyl (C=O) groups is 3. The Morgan fingerprint density at radius 2 is 1.50 bits per heavy atom. The normalized spacial score (nSPS) is 16.2. The third kappa shape index (κ3) is 8.91. The fraction of sp³-hybridized carbons (Fsp3) is 0.256. The van der Waals surface area contributed by atoms with Gasteiger partial charge in [0.25, 0.3) is 0 Å². The predicted molar refractivity (Wildman–Crippen MR) is 205 cm³/mol. The van der Waals surface area contributed by atoms with Gasteiger partial charge in [0.15, 0.2) is 6.04 Å². The number of alkyl carbamates (subject to hydrolysis) is 1. The van der Waals surface area contributed by atoms with Crippen molar-refractivity contribution in [2.45, 2.75) is 63.9 Å². The predicted octanol–water partition coefficient (Wildman–Crippen LogP) is 8.00. The molecule has 3 N–H and O–H groups in total. The lowest BCUT2D eigenvalue weighted by Gasteiger charge is -2.27. The first-order valence-corrected chi connectivity index (χ1v) is 17.6. The smallest absolute Gasteiger partial charge is 0.408 e. The molecule has 0 saturated carbocycles. The van der Waals surface area contributed by atoms with E-state index in [0.29, 0.717) is 34.6 Å². The van der Waals surface area contributed by atoms with E-state index in [1.165, 1.54) is 0 Å². The van der Waals surface area contributed by atoms with Crippen LogP contribution in [-0.4, -0.2) is 57.9 Å². The standard InChI is InChI=1S/C43H44N4O5/c1-43(2,3)52-42(51)46-38(33-25-24-30-17-10-11-20-32(30)27-33)39(41(49)50)45-37(31-18-8-5-9-19-31)34-21-12-13-22-35(34)44-40(48)36-23-14-26-47(36)28-29-15-6-4-7-16-29/h4-13,15-22,24-25,27,36,38-39H,14,23,26,28H2,1-3H3,(H,44,48)(H,46,51)(H,49,50)/t36-,38+,39-/m1/s1. The van der Waals surface area contributed by atoms with Crippen molar-refractivity contribution in [1.82, 2.24) is 10.2 Å². The molecule has 2 amide bonds. The number of benzene rings is 5. The van der Waals surface area contributed by atoms with Crippen molar-refractivity contribution >= 4 is 40.1 Å². The van der Waals surface area contributed by atoms with E-state index in [4.69, 9.17) is 9.73 Å². The summed E-state index contributed by atoms with van der Waals surface area (Å²) in [6.45, 7) is 6.71. The fourth-order valence-electron chi connectivity index (χ4n) is 6.63. The topological polar surface area (TPSA) is 120 Å². The van der Waals surface area contributed by atoms with E-state index >= 15 is 0 Å². The average molecular weight is 697 g/mol. The third-order valence-electron chi connectivity index (χ3n) is 9.02. The van der Waals surface area contributed by atoms with Gasteiger partial charge in [-0.25, -0.2) is 9.59 Å². The zero-order valence-electron chi connectivity index (χ0n) is 29.7. The van der Waals surface area contributed by atoms with Crippen molar-refractivity contribution in [3.05, 3.63) is 150 Å². The highest BCUT2D eigenvalue weighted by Gasteiger charge is 2.34. The number of hydrogen-bond donors (Lipinski definition) is 3. The van der Waals surface area contributed by atoms with Crippen LogP contribution in [0.4, 0.5) is 10.5 Å². The maximum absolute atomic E-state index is 13.9. The minimum absolute atomic E-state index is 0.135. The molecular formula is C43H44N4O5. The molecule has 52 heavy (non-hydrogen) atoms. The van der Waals surface area contributed by atoms with Gasteiger partial charge in [0.2, 0.25) is 5.91 Å². The molecule has 9 heteroatoms. The second kappa shape index (κ2) is 16.0. The van der Waals surface area contributed by atoms with E-state index < -0.39 is 29.7 Å². The summed E-state index contributed by atoms with van der Waals surface area (Å²) >= 11 is 0. The van der Waals surface area contributed by atoms with Crippen LogP contribution in [0.3, 0.4) is 0 Å². The zero-order valence-corrected chi connectivity index (χ0v) is 29.7. The largest absolute Gasteiger partial charge is 0.480 e. The molecule has 3 atom stereocenters. The Morgan fingerprint density at radius 3 is 2.21 bits per heavy atom. The molecular weight excluding hydrogens is 652 g/mol. The van der Waals surface area contributed by atoms with Gasteiger partial charge in [0.05, 0.1) is 23.5 Å². The van der Waals surface area contributed by atoms with Crippen LogP contribution < -0.4 is 10.6 Å². The lowest BCUT2D eigenvalue weighted by Crippen LogP contribution is -2.42. The van der Waals surface area contributed by atoms with Crippen LogP contribution in [0.5, 0.6) is 0 Å². The molecule has 1 aliphatic rings. The SMILES string of the molecule is CC(C)(C)OC(=O)N[C@@H](c1ccc2ccccc2c1)[C@@H](N=C(c1ccccc1)c1ccccc1NC(=O)[C@H]1CCCN1Cc1ccccc1)C(=O)O. The molecule has 0 spiro atoms. The van der Waals surface area contributed by atoms with Gasteiger partial charge in [-0.15, -0.1) is 0 Å². The van der Waals surface area contributed by atoms with Crippen LogP contribution >= 0.6 is 0 Å². The van der Waals surface area contributed by atoms with Crippen molar-refractivity contribution in [2.24, 2.45) is 4.99 Å². The molecule has 0 unspecified atom stereocenters. The first kappa shape index (κ1) is 36.0. The molecule has 6 rings (SSSR count). The Balaban J connectivity index is 1.40. The van der Waals surface area contributed by atoms with Crippen LogP contribution in [0.1, 0.15) is 61.9 Å². The maximum atomic E-state index is 13.9. The molecule has 0 radical (unpaired) electrons. The lowest BCUT2D eigenvalue weighted by molar-refractivity contribution is -0.139. The number of nitrogens with zero attached hydrogens (tertiary/aromatic N) is 2. The van der Waals surface area contributed by atoms with E-state index in [1.807, 2.05) is 103 Å². The number of carbonyl (C=O) groups excluding carboxylic acids is 2. The molecule has 1 heterocycles. The first-order chi connectivity index (χ1) is 25.1. The van der Waals surface area contributed by atoms with Gasteiger partial charge in [-0.3, -0.25) is 14.7 Å². The summed E-state index contributed by atoms with van der Waals surface area (Å²) in [6.07, 6.45) is 0.869. The monoisotopic (exact) mass is 696 g/mol.